The Labute approximate surface area is 119 Å². The molecule has 0 aliphatic heterocycles. The second-order valence-electron chi connectivity index (χ2n) is 5.29. The maximum Gasteiger partial charge on any atom is 0.123 e. The number of nitrogens with one attached hydrogen (secondary N) is 1. The zero-order valence-corrected chi connectivity index (χ0v) is 12.1. The van der Waals surface area contributed by atoms with Gasteiger partial charge in [0.2, 0.25) is 0 Å². The van der Waals surface area contributed by atoms with E-state index in [1.165, 1.54) is 38.2 Å². The minimum Gasteiger partial charge on any atom is -0.271 e. The van der Waals surface area contributed by atoms with E-state index in [2.05, 4.69) is 5.43 Å². The van der Waals surface area contributed by atoms with Crippen LogP contribution in [0.3, 0.4) is 0 Å². The van der Waals surface area contributed by atoms with Crippen molar-refractivity contribution in [3.8, 4) is 0 Å². The van der Waals surface area contributed by atoms with E-state index in [9.17, 15) is 4.39 Å². The lowest BCUT2D eigenvalue weighted by atomic mass is 10.0. The molecular formula is C15H23FN2S. The molecule has 1 saturated carbocycles. The molecule has 1 aromatic carbocycles. The number of hydrazine groups is 1. The lowest BCUT2D eigenvalue weighted by molar-refractivity contribution is 0.513. The van der Waals surface area contributed by atoms with Crippen molar-refractivity contribution >= 4 is 11.8 Å². The number of nitrogens with two attached hydrogens (primary N) is 1. The minimum atomic E-state index is -0.173. The van der Waals surface area contributed by atoms with Crippen LogP contribution in [0.25, 0.3) is 0 Å². The predicted molar refractivity (Wildman–Crippen MR) is 80.5 cm³/mol. The van der Waals surface area contributed by atoms with E-state index in [4.69, 9.17) is 5.84 Å². The van der Waals surface area contributed by atoms with E-state index in [1.807, 2.05) is 17.8 Å². The van der Waals surface area contributed by atoms with Gasteiger partial charge < -0.3 is 0 Å². The van der Waals surface area contributed by atoms with Gasteiger partial charge in [0.05, 0.1) is 0 Å². The number of benzene rings is 1. The Balaban J connectivity index is 1.79. The normalized spacial score (nSPS) is 18.4. The summed E-state index contributed by atoms with van der Waals surface area (Å²) < 4.78 is 13.1. The van der Waals surface area contributed by atoms with Crippen LogP contribution in [0.15, 0.2) is 24.3 Å². The van der Waals surface area contributed by atoms with E-state index in [-0.39, 0.29) is 11.9 Å². The van der Waals surface area contributed by atoms with Crippen LogP contribution in [-0.2, 0) is 6.42 Å². The zero-order valence-electron chi connectivity index (χ0n) is 11.3. The number of halogens is 1. The molecule has 0 heterocycles. The highest BCUT2D eigenvalue weighted by atomic mass is 32.2. The molecule has 0 bridgehead atoms. The molecule has 1 unspecified atom stereocenters. The summed E-state index contributed by atoms with van der Waals surface area (Å²) >= 11 is 2.02. The third-order valence-corrected chi connectivity index (χ3v) is 5.23. The zero-order chi connectivity index (χ0) is 13.5. The number of rotatable bonds is 6. The lowest BCUT2D eigenvalue weighted by Crippen LogP contribution is -2.39. The van der Waals surface area contributed by atoms with E-state index in [0.29, 0.717) is 0 Å². The Morgan fingerprint density at radius 2 is 2.11 bits per heavy atom. The maximum absolute atomic E-state index is 13.1. The standard InChI is InChI=1S/C15H23FN2S/c16-13-6-4-5-12(9-13)10-14(18-17)11-19-15-7-2-1-3-8-15/h4-6,9,14-15,18H,1-3,7-8,10-11,17H2. The molecule has 19 heavy (non-hydrogen) atoms. The Hall–Kier alpha value is -0.580. The van der Waals surface area contributed by atoms with E-state index in [0.717, 1.165) is 23.0 Å². The average molecular weight is 282 g/mol. The minimum absolute atomic E-state index is 0.173. The molecule has 1 aliphatic carbocycles. The van der Waals surface area contributed by atoms with E-state index < -0.39 is 0 Å². The van der Waals surface area contributed by atoms with Gasteiger partial charge in [0.25, 0.3) is 0 Å². The lowest BCUT2D eigenvalue weighted by Gasteiger charge is -2.23. The highest BCUT2D eigenvalue weighted by molar-refractivity contribution is 7.99. The molecule has 0 amide bonds. The number of hydrogen-bond donors (Lipinski definition) is 2. The van der Waals surface area contributed by atoms with Crippen molar-refractivity contribution in [3.63, 3.8) is 0 Å². The summed E-state index contributed by atoms with van der Waals surface area (Å²) in [6.07, 6.45) is 7.57. The summed E-state index contributed by atoms with van der Waals surface area (Å²) in [5, 5.41) is 0.789. The fourth-order valence-electron chi connectivity index (χ4n) is 2.60. The smallest absolute Gasteiger partial charge is 0.123 e. The van der Waals surface area contributed by atoms with Crippen molar-refractivity contribution in [2.75, 3.05) is 5.75 Å². The molecule has 1 aromatic rings. The van der Waals surface area contributed by atoms with Crippen molar-refractivity contribution in [1.82, 2.24) is 5.43 Å². The van der Waals surface area contributed by atoms with Gasteiger partial charge in [-0.2, -0.15) is 11.8 Å². The van der Waals surface area contributed by atoms with Crippen LogP contribution in [0, 0.1) is 5.82 Å². The van der Waals surface area contributed by atoms with Gasteiger partial charge in [-0.15, -0.1) is 0 Å². The summed E-state index contributed by atoms with van der Waals surface area (Å²) in [6, 6.07) is 7.00. The topological polar surface area (TPSA) is 38.0 Å². The molecule has 106 valence electrons. The van der Waals surface area contributed by atoms with Gasteiger partial charge >= 0.3 is 0 Å². The van der Waals surface area contributed by atoms with Gasteiger partial charge in [-0.3, -0.25) is 11.3 Å². The molecule has 1 fully saturated rings. The van der Waals surface area contributed by atoms with Crippen molar-refractivity contribution in [3.05, 3.63) is 35.6 Å². The predicted octanol–water partition coefficient (Wildman–Crippen LogP) is 3.27. The summed E-state index contributed by atoms with van der Waals surface area (Å²) in [6.45, 7) is 0. The first-order valence-corrected chi connectivity index (χ1v) is 8.15. The molecule has 0 aromatic heterocycles. The summed E-state index contributed by atoms with van der Waals surface area (Å²) in [4.78, 5) is 0. The molecule has 0 spiro atoms. The highest BCUT2D eigenvalue weighted by Gasteiger charge is 2.16. The molecule has 4 heteroatoms. The Kier molecular flexibility index (Phi) is 6.14. The average Bonchev–Trinajstić information content (AvgIpc) is 2.44. The quantitative estimate of drug-likeness (QED) is 0.621. The second-order valence-corrected chi connectivity index (χ2v) is 6.62. The molecule has 2 nitrogen and oxygen atoms in total. The number of thioether (sulfide) groups is 1. The van der Waals surface area contributed by atoms with Crippen LogP contribution in [0.5, 0.6) is 0 Å². The molecule has 1 atom stereocenters. The van der Waals surface area contributed by atoms with Gasteiger partial charge in [0.15, 0.2) is 0 Å². The van der Waals surface area contributed by atoms with E-state index in [1.54, 1.807) is 12.1 Å². The van der Waals surface area contributed by atoms with Crippen molar-refractivity contribution in [1.29, 1.82) is 0 Å². The van der Waals surface area contributed by atoms with Crippen LogP contribution in [0.4, 0.5) is 4.39 Å². The maximum atomic E-state index is 13.1. The summed E-state index contributed by atoms with van der Waals surface area (Å²) in [5.41, 5.74) is 3.87. The Morgan fingerprint density at radius 1 is 1.32 bits per heavy atom. The largest absolute Gasteiger partial charge is 0.271 e. The second kappa shape index (κ2) is 7.88. The fraction of sp³-hybridized carbons (Fsp3) is 0.600. The Morgan fingerprint density at radius 3 is 2.79 bits per heavy atom. The number of hydrogen-bond acceptors (Lipinski definition) is 3. The van der Waals surface area contributed by atoms with Crippen molar-refractivity contribution < 1.29 is 4.39 Å². The first-order chi connectivity index (χ1) is 9.28. The van der Waals surface area contributed by atoms with Gasteiger partial charge in [-0.25, -0.2) is 4.39 Å². The van der Waals surface area contributed by atoms with Crippen LogP contribution in [0.1, 0.15) is 37.7 Å². The van der Waals surface area contributed by atoms with Gasteiger partial charge in [0.1, 0.15) is 5.82 Å². The summed E-state index contributed by atoms with van der Waals surface area (Å²) in [7, 11) is 0. The molecule has 0 saturated heterocycles. The van der Waals surface area contributed by atoms with Crippen molar-refractivity contribution in [2.45, 2.75) is 49.8 Å². The third kappa shape index (κ3) is 5.13. The molecular weight excluding hydrogens is 259 g/mol. The highest BCUT2D eigenvalue weighted by Crippen LogP contribution is 2.28. The summed E-state index contributed by atoms with van der Waals surface area (Å²) in [5.74, 6) is 6.44. The van der Waals surface area contributed by atoms with Crippen LogP contribution in [0.2, 0.25) is 0 Å². The van der Waals surface area contributed by atoms with Crippen molar-refractivity contribution in [2.24, 2.45) is 5.84 Å². The first-order valence-electron chi connectivity index (χ1n) is 7.10. The van der Waals surface area contributed by atoms with Crippen LogP contribution in [-0.4, -0.2) is 17.0 Å². The fourth-order valence-corrected chi connectivity index (χ4v) is 3.98. The molecule has 1 aliphatic rings. The third-order valence-electron chi connectivity index (χ3n) is 3.69. The van der Waals surface area contributed by atoms with Crippen LogP contribution < -0.4 is 11.3 Å². The Bertz CT molecular complexity index is 380. The van der Waals surface area contributed by atoms with Crippen LogP contribution >= 0.6 is 11.8 Å². The monoisotopic (exact) mass is 282 g/mol. The molecule has 3 N–H and O–H groups in total. The SMILES string of the molecule is NNC(CSC1CCCCC1)Cc1cccc(F)c1. The first kappa shape index (κ1) is 14.8. The van der Waals surface area contributed by atoms with Gasteiger partial charge in [0, 0.05) is 17.0 Å². The van der Waals surface area contributed by atoms with Gasteiger partial charge in [-0.1, -0.05) is 31.4 Å². The van der Waals surface area contributed by atoms with Gasteiger partial charge in [-0.05, 0) is 37.0 Å². The van der Waals surface area contributed by atoms with E-state index >= 15 is 0 Å². The molecule has 0 radical (unpaired) electrons. The molecule has 2 rings (SSSR count).